The highest BCUT2D eigenvalue weighted by Gasteiger charge is 2.13. The first kappa shape index (κ1) is 10.3. The molecule has 0 aliphatic carbocycles. The third-order valence-corrected chi connectivity index (χ3v) is 3.62. The lowest BCUT2D eigenvalue weighted by molar-refractivity contribution is 0.382. The predicted molar refractivity (Wildman–Crippen MR) is 59.3 cm³/mol. The van der Waals surface area contributed by atoms with Crippen molar-refractivity contribution < 1.29 is 0 Å². The number of nitrogens with zero attached hydrogens (tertiary/aromatic N) is 2. The van der Waals surface area contributed by atoms with Gasteiger partial charge in [-0.15, -0.1) is 0 Å². The molecule has 0 unspecified atom stereocenters. The summed E-state index contributed by atoms with van der Waals surface area (Å²) in [6, 6.07) is 0. The van der Waals surface area contributed by atoms with Crippen molar-refractivity contribution in [3.63, 3.8) is 0 Å². The summed E-state index contributed by atoms with van der Waals surface area (Å²) in [6.45, 7) is 2.39. The molecular weight excluding hydrogens is 188 g/mol. The van der Waals surface area contributed by atoms with Crippen LogP contribution in [0.1, 0.15) is 19.3 Å². The van der Waals surface area contributed by atoms with Crippen LogP contribution >= 0.6 is 24.2 Å². The SMILES string of the molecule is CN(C)C(=S)SN1CCCCC1. The standard InChI is InChI=1S/C8H16N2S2/c1-9(2)8(11)12-10-6-4-3-5-7-10/h3-7H2,1-2H3. The second kappa shape index (κ2) is 5.04. The Morgan fingerprint density at radius 3 is 2.33 bits per heavy atom. The first-order chi connectivity index (χ1) is 5.70. The highest BCUT2D eigenvalue weighted by molar-refractivity contribution is 8.21. The summed E-state index contributed by atoms with van der Waals surface area (Å²) in [6.07, 6.45) is 4.03. The van der Waals surface area contributed by atoms with Crippen LogP contribution in [0.15, 0.2) is 0 Å². The Kier molecular flexibility index (Phi) is 4.32. The molecule has 0 amide bonds. The van der Waals surface area contributed by atoms with E-state index in [1.165, 1.54) is 32.4 Å². The Morgan fingerprint density at radius 2 is 1.83 bits per heavy atom. The summed E-state index contributed by atoms with van der Waals surface area (Å²) in [5, 5.41) is 0. The molecule has 12 heavy (non-hydrogen) atoms. The molecule has 0 aromatic carbocycles. The van der Waals surface area contributed by atoms with Gasteiger partial charge < -0.3 is 4.90 Å². The van der Waals surface area contributed by atoms with Crippen molar-refractivity contribution in [2.45, 2.75) is 19.3 Å². The molecule has 2 nitrogen and oxygen atoms in total. The van der Waals surface area contributed by atoms with E-state index in [4.69, 9.17) is 12.2 Å². The smallest absolute Gasteiger partial charge is 0.151 e. The van der Waals surface area contributed by atoms with Gasteiger partial charge in [-0.05, 0) is 24.8 Å². The van der Waals surface area contributed by atoms with Crippen molar-refractivity contribution in [1.82, 2.24) is 9.21 Å². The third kappa shape index (κ3) is 3.29. The Morgan fingerprint density at radius 1 is 1.25 bits per heavy atom. The topological polar surface area (TPSA) is 6.48 Å². The summed E-state index contributed by atoms with van der Waals surface area (Å²) in [5.74, 6) is 0. The quantitative estimate of drug-likeness (QED) is 0.476. The zero-order valence-electron chi connectivity index (χ0n) is 7.75. The molecule has 0 aromatic rings. The molecular formula is C8H16N2S2. The molecule has 1 aliphatic rings. The molecule has 0 radical (unpaired) electrons. The minimum atomic E-state index is 0.969. The summed E-state index contributed by atoms with van der Waals surface area (Å²) < 4.78 is 3.34. The van der Waals surface area contributed by atoms with Crippen LogP contribution in [0.25, 0.3) is 0 Å². The largest absolute Gasteiger partial charge is 0.363 e. The Hall–Kier alpha value is 0.200. The first-order valence-electron chi connectivity index (χ1n) is 4.34. The van der Waals surface area contributed by atoms with Crippen LogP contribution in [0.5, 0.6) is 0 Å². The summed E-state index contributed by atoms with van der Waals surface area (Å²) in [5.41, 5.74) is 0. The highest BCUT2D eigenvalue weighted by atomic mass is 32.2. The number of piperidine rings is 1. The van der Waals surface area contributed by atoms with Crippen LogP contribution in [0.2, 0.25) is 0 Å². The third-order valence-electron chi connectivity index (χ3n) is 1.89. The maximum atomic E-state index is 5.21. The maximum Gasteiger partial charge on any atom is 0.151 e. The summed E-state index contributed by atoms with van der Waals surface area (Å²) >= 11 is 6.93. The van der Waals surface area contributed by atoms with Gasteiger partial charge in [0, 0.05) is 27.2 Å². The molecule has 0 aromatic heterocycles. The van der Waals surface area contributed by atoms with Crippen molar-refractivity contribution in [1.29, 1.82) is 0 Å². The van der Waals surface area contributed by atoms with Crippen LogP contribution in [0.4, 0.5) is 0 Å². The lowest BCUT2D eigenvalue weighted by atomic mass is 10.2. The van der Waals surface area contributed by atoms with Crippen LogP contribution in [-0.4, -0.2) is 40.7 Å². The van der Waals surface area contributed by atoms with Crippen molar-refractivity contribution >= 4 is 28.5 Å². The van der Waals surface area contributed by atoms with E-state index in [9.17, 15) is 0 Å². The van der Waals surface area contributed by atoms with Gasteiger partial charge in [0.25, 0.3) is 0 Å². The molecule has 1 aliphatic heterocycles. The van der Waals surface area contributed by atoms with Gasteiger partial charge in [-0.3, -0.25) is 0 Å². The molecule has 0 N–H and O–H groups in total. The van der Waals surface area contributed by atoms with E-state index < -0.39 is 0 Å². The Labute approximate surface area is 84.4 Å². The first-order valence-corrected chi connectivity index (χ1v) is 5.52. The highest BCUT2D eigenvalue weighted by Crippen LogP contribution is 2.19. The zero-order valence-corrected chi connectivity index (χ0v) is 9.38. The molecule has 0 atom stereocenters. The minimum Gasteiger partial charge on any atom is -0.363 e. The average molecular weight is 204 g/mol. The number of thiocarbonyl (C=S) groups is 1. The van der Waals surface area contributed by atoms with E-state index in [2.05, 4.69) is 4.31 Å². The van der Waals surface area contributed by atoms with E-state index >= 15 is 0 Å². The molecule has 70 valence electrons. The average Bonchev–Trinajstić information content (AvgIpc) is 2.06. The summed E-state index contributed by atoms with van der Waals surface area (Å²) in [7, 11) is 4.00. The molecule has 0 saturated carbocycles. The zero-order chi connectivity index (χ0) is 8.97. The fraction of sp³-hybridized carbons (Fsp3) is 0.875. The van der Waals surface area contributed by atoms with Crippen LogP contribution < -0.4 is 0 Å². The molecule has 4 heteroatoms. The van der Waals surface area contributed by atoms with Gasteiger partial charge in [-0.25, -0.2) is 4.31 Å². The van der Waals surface area contributed by atoms with Gasteiger partial charge in [0.2, 0.25) is 0 Å². The Bertz CT molecular complexity index is 153. The fourth-order valence-corrected chi connectivity index (χ4v) is 2.29. The second-order valence-electron chi connectivity index (χ2n) is 3.24. The number of rotatable bonds is 1. The van der Waals surface area contributed by atoms with E-state index in [-0.39, 0.29) is 0 Å². The lowest BCUT2D eigenvalue weighted by Gasteiger charge is -2.26. The minimum absolute atomic E-state index is 0.969. The van der Waals surface area contributed by atoms with Crippen molar-refractivity contribution in [2.75, 3.05) is 27.2 Å². The van der Waals surface area contributed by atoms with Gasteiger partial charge in [0.05, 0.1) is 0 Å². The van der Waals surface area contributed by atoms with Crippen molar-refractivity contribution in [3.05, 3.63) is 0 Å². The van der Waals surface area contributed by atoms with Gasteiger partial charge in [0.1, 0.15) is 0 Å². The van der Waals surface area contributed by atoms with Crippen LogP contribution in [-0.2, 0) is 0 Å². The van der Waals surface area contributed by atoms with E-state index in [0.29, 0.717) is 0 Å². The lowest BCUT2D eigenvalue weighted by Crippen LogP contribution is -2.28. The maximum absolute atomic E-state index is 5.21. The van der Waals surface area contributed by atoms with Gasteiger partial charge in [0.15, 0.2) is 4.32 Å². The monoisotopic (exact) mass is 204 g/mol. The number of hydrogen-bond acceptors (Lipinski definition) is 3. The Balaban J connectivity index is 2.24. The normalized spacial score (nSPS) is 19.2. The van der Waals surface area contributed by atoms with Crippen LogP contribution in [0, 0.1) is 0 Å². The van der Waals surface area contributed by atoms with Gasteiger partial charge in [-0.2, -0.15) is 0 Å². The molecule has 1 rings (SSSR count). The van der Waals surface area contributed by atoms with E-state index in [1.54, 1.807) is 11.9 Å². The van der Waals surface area contributed by atoms with Crippen molar-refractivity contribution in [2.24, 2.45) is 0 Å². The van der Waals surface area contributed by atoms with Gasteiger partial charge >= 0.3 is 0 Å². The van der Waals surface area contributed by atoms with Crippen LogP contribution in [0.3, 0.4) is 0 Å². The van der Waals surface area contributed by atoms with Crippen molar-refractivity contribution in [3.8, 4) is 0 Å². The second-order valence-corrected chi connectivity index (χ2v) is 4.97. The molecule has 1 saturated heterocycles. The fourth-order valence-electron chi connectivity index (χ4n) is 1.15. The molecule has 0 spiro atoms. The van der Waals surface area contributed by atoms with E-state index in [0.717, 1.165) is 4.32 Å². The van der Waals surface area contributed by atoms with Gasteiger partial charge in [-0.1, -0.05) is 18.6 Å². The van der Waals surface area contributed by atoms with E-state index in [1.807, 2.05) is 19.0 Å². The molecule has 1 heterocycles. The predicted octanol–water partition coefficient (Wildman–Crippen LogP) is 1.97. The number of hydrogen-bond donors (Lipinski definition) is 0. The summed E-state index contributed by atoms with van der Waals surface area (Å²) in [4.78, 5) is 1.99. The molecule has 0 bridgehead atoms. The molecule has 1 fully saturated rings.